The molecule has 0 saturated carbocycles. The molecule has 3 aliphatic heterocycles. The smallest absolute Gasteiger partial charge is 0.329 e. The summed E-state index contributed by atoms with van der Waals surface area (Å²) in [4.78, 5) is 63.8. The highest BCUT2D eigenvalue weighted by molar-refractivity contribution is 14.1. The van der Waals surface area contributed by atoms with E-state index in [1.807, 2.05) is 34.7 Å². The van der Waals surface area contributed by atoms with Gasteiger partial charge in [0.25, 0.3) is 50.1 Å². The highest BCUT2D eigenvalue weighted by Gasteiger charge is 2.47. The van der Waals surface area contributed by atoms with E-state index in [4.69, 9.17) is 15.1 Å². The number of nitrogens with one attached hydrogen (secondary N) is 3. The van der Waals surface area contributed by atoms with E-state index >= 15 is 0 Å². The van der Waals surface area contributed by atoms with Gasteiger partial charge >= 0.3 is 17.9 Å². The minimum Gasteiger partial charge on any atom is -0.481 e. The van der Waals surface area contributed by atoms with E-state index in [0.29, 0.717) is 48.7 Å². The Labute approximate surface area is 613 Å². The van der Waals surface area contributed by atoms with Crippen LogP contribution in [0.15, 0.2) is 287 Å². The van der Waals surface area contributed by atoms with Gasteiger partial charge in [0.05, 0.1) is 72.2 Å². The number of carbonyl (C=O) groups is 4. The van der Waals surface area contributed by atoms with Crippen LogP contribution in [0, 0.1) is 3.57 Å². The van der Waals surface area contributed by atoms with E-state index in [-0.39, 0.29) is 44.4 Å². The molecule has 0 fully saturated rings. The number of hydrogen-bond donors (Lipinski definition) is 5. The SMILES string of the molecule is C=CC(=O)OC.COC(=O)CC1c2cccnc2S(=O)(=O)N1c1ccccc1.O=C(CC1c2cccnc2S(=O)(=O)N1c1ccccc1)NO.O=C(O)CC1c2cccnc2S(=O)(=O)N1c1ccccc1.O=S(=O)(Nc1ccccc1)c1ccccn1.O=S(=O)(Nc1ccccc1)c1ncccc1I. The maximum Gasteiger partial charge on any atom is 0.329 e. The van der Waals surface area contributed by atoms with Crippen LogP contribution in [0.2, 0.25) is 0 Å². The van der Waals surface area contributed by atoms with Crippen molar-refractivity contribution in [3.8, 4) is 0 Å². The number of pyridine rings is 5. The average Bonchev–Trinajstić information content (AvgIpc) is 1.60. The topological polar surface area (TPSA) is 408 Å². The standard InChI is InChI=1S/C15H14N2O4S.C14H13N3O4S.C14H12N2O4S.C11H9IN2O2S.C11H10N2O2S.C4H6O2/c1-21-14(18)10-13-12-8-5-9-16-15(12)22(19,20)17(13)11-6-3-2-4-7-11;18-13(16-19)9-12-11-7-4-8-15-14(11)22(20,21)17(12)10-5-2-1-3-6-10;17-13(18)9-12-11-7-4-8-15-14(11)21(19,20)16(12)10-5-2-1-3-6-10;12-10-7-4-8-13-11(10)17(15,16)14-9-5-2-1-3-6-9;14-16(15,11-8-4-5-9-12-11)13-10-6-2-1-3-7-10;1-3-4(5)6-2/h2-9,13H,10H2,1H3;1-8,12,19H,9H2,(H,16,18);1-8,12H,9H2,(H,17,18);1-8,14H;1-9,13H;3H,1H2,2H3. The largest absolute Gasteiger partial charge is 0.481 e. The molecule has 13 rings (SSSR count). The number of sulfonamides is 5. The Hall–Kier alpha value is -11.1. The van der Waals surface area contributed by atoms with E-state index in [2.05, 4.69) is 45.7 Å². The van der Waals surface area contributed by atoms with Gasteiger partial charge in [-0.25, -0.2) is 35.2 Å². The number of hydrogen-bond acceptors (Lipinski definition) is 22. The maximum absolute atomic E-state index is 12.8. The van der Waals surface area contributed by atoms with Gasteiger partial charge in [0.15, 0.2) is 25.1 Å². The second kappa shape index (κ2) is 35.7. The minimum absolute atomic E-state index is 0.00671. The van der Waals surface area contributed by atoms with Crippen LogP contribution < -0.4 is 27.8 Å². The van der Waals surface area contributed by atoms with Gasteiger partial charge in [-0.2, -0.15) is 42.1 Å². The molecule has 3 atom stereocenters. The number of aliphatic carboxylic acids is 1. The van der Waals surface area contributed by atoms with Crippen LogP contribution in [-0.4, -0.2) is 115 Å². The summed E-state index contributed by atoms with van der Waals surface area (Å²) in [7, 11) is -16.1. The lowest BCUT2D eigenvalue weighted by molar-refractivity contribution is -0.141. The molecule has 0 radical (unpaired) electrons. The number of carboxylic acids is 1. The van der Waals surface area contributed by atoms with Crippen LogP contribution in [0.3, 0.4) is 0 Å². The van der Waals surface area contributed by atoms with Crippen LogP contribution in [0.1, 0.15) is 54.1 Å². The normalized spacial score (nSPS) is 15.7. The van der Waals surface area contributed by atoms with Gasteiger partial charge in [-0.1, -0.05) is 122 Å². The number of amides is 1. The summed E-state index contributed by atoms with van der Waals surface area (Å²) < 4.78 is 142. The molecule has 3 aliphatic rings. The molecule has 29 nitrogen and oxygen atoms in total. The summed E-state index contributed by atoms with van der Waals surface area (Å²) in [5.41, 5.74) is 5.32. The Bertz CT molecular complexity index is 5100. The number of carbonyl (C=O) groups excluding carboxylic acids is 3. The van der Waals surface area contributed by atoms with Crippen LogP contribution in [0.25, 0.3) is 0 Å². The highest BCUT2D eigenvalue weighted by atomic mass is 127. The third kappa shape index (κ3) is 19.3. The highest BCUT2D eigenvalue weighted by Crippen LogP contribution is 2.46. The lowest BCUT2D eigenvalue weighted by atomic mass is 10.1. The molecular weight excluding hydrogens is 1560 g/mol. The Morgan fingerprint density at radius 3 is 1.17 bits per heavy atom. The van der Waals surface area contributed by atoms with Crippen LogP contribution >= 0.6 is 22.6 Å². The molecule has 0 aliphatic carbocycles. The quantitative estimate of drug-likeness (QED) is 0.0197. The molecule has 104 heavy (non-hydrogen) atoms. The zero-order valence-corrected chi connectivity index (χ0v) is 61.0. The lowest BCUT2D eigenvalue weighted by Crippen LogP contribution is -2.32. The number of fused-ring (bicyclic) bond motifs is 3. The third-order valence-corrected chi connectivity index (χ3v) is 24.0. The van der Waals surface area contributed by atoms with Crippen molar-refractivity contribution < 1.29 is 81.1 Å². The first-order valence-corrected chi connectivity index (χ1v) is 38.8. The van der Waals surface area contributed by atoms with Crippen molar-refractivity contribution in [1.82, 2.24) is 30.4 Å². The number of anilines is 5. The van der Waals surface area contributed by atoms with Crippen LogP contribution in [0.4, 0.5) is 28.4 Å². The molecule has 1 amide bonds. The summed E-state index contributed by atoms with van der Waals surface area (Å²) >= 11 is 1.95. The zero-order valence-electron chi connectivity index (χ0n) is 54.7. The summed E-state index contributed by atoms with van der Waals surface area (Å²) in [6.07, 6.45) is 7.65. The molecule has 10 aromatic rings. The summed E-state index contributed by atoms with van der Waals surface area (Å²) in [6.45, 7) is 3.16. The molecule has 35 heteroatoms. The number of benzene rings is 5. The van der Waals surface area contributed by atoms with Crippen molar-refractivity contribution in [2.75, 3.05) is 36.6 Å². The second-order valence-corrected chi connectivity index (χ2v) is 31.0. The molecule has 5 N–H and O–H groups in total. The zero-order chi connectivity index (χ0) is 75.2. The van der Waals surface area contributed by atoms with E-state index in [1.54, 1.807) is 206 Å². The summed E-state index contributed by atoms with van der Waals surface area (Å²) in [5, 5.41) is 17.8. The van der Waals surface area contributed by atoms with Gasteiger partial charge in [-0.05, 0) is 126 Å². The predicted octanol–water partition coefficient (Wildman–Crippen LogP) is 9.64. The van der Waals surface area contributed by atoms with E-state index in [0.717, 1.165) is 10.4 Å². The van der Waals surface area contributed by atoms with E-state index < -0.39 is 92.1 Å². The van der Waals surface area contributed by atoms with Gasteiger partial charge < -0.3 is 14.6 Å². The summed E-state index contributed by atoms with van der Waals surface area (Å²) in [6, 6.07) is 58.8. The molecule has 0 spiro atoms. The van der Waals surface area contributed by atoms with Crippen molar-refractivity contribution >= 4 is 125 Å². The van der Waals surface area contributed by atoms with Gasteiger partial charge in [-0.15, -0.1) is 0 Å². The van der Waals surface area contributed by atoms with Crippen molar-refractivity contribution in [2.45, 2.75) is 62.5 Å². The number of nitrogens with zero attached hydrogens (tertiary/aromatic N) is 8. The van der Waals surface area contributed by atoms with Gasteiger partial charge in [-0.3, -0.25) is 42.0 Å². The number of esters is 2. The van der Waals surface area contributed by atoms with Crippen LogP contribution in [-0.2, 0) is 78.8 Å². The Kier molecular flexibility index (Phi) is 27.0. The molecule has 0 saturated heterocycles. The minimum atomic E-state index is -3.84. The first-order chi connectivity index (χ1) is 49.7. The van der Waals surface area contributed by atoms with E-state index in [9.17, 15) is 61.3 Å². The molecule has 5 aromatic carbocycles. The molecule has 5 aromatic heterocycles. The number of para-hydroxylation sites is 5. The fraction of sp³-hybridized carbons (Fsp3) is 0.116. The van der Waals surface area contributed by atoms with Crippen molar-refractivity contribution in [1.29, 1.82) is 0 Å². The van der Waals surface area contributed by atoms with Gasteiger partial charge in [0.1, 0.15) is 0 Å². The Balaban J connectivity index is 0.000000162. The average molecular weight is 1620 g/mol. The number of rotatable bonds is 16. The molecule has 8 heterocycles. The third-order valence-electron chi connectivity index (χ3n) is 14.6. The molecule has 0 bridgehead atoms. The first-order valence-electron chi connectivity index (χ1n) is 30.4. The fourth-order valence-corrected chi connectivity index (χ4v) is 19.0. The maximum atomic E-state index is 12.8. The fourth-order valence-electron chi connectivity index (χ4n) is 10.2. The first kappa shape index (κ1) is 78.6. The number of aromatic nitrogens is 5. The number of hydroxylamine groups is 1. The van der Waals surface area contributed by atoms with E-state index in [1.165, 1.54) is 59.9 Å². The van der Waals surface area contributed by atoms with Crippen molar-refractivity contribution in [3.63, 3.8) is 0 Å². The number of methoxy groups -OCH3 is 2. The Morgan fingerprint density at radius 1 is 0.471 bits per heavy atom. The van der Waals surface area contributed by atoms with Gasteiger partial charge in [0.2, 0.25) is 5.91 Å². The van der Waals surface area contributed by atoms with Gasteiger partial charge in [0, 0.05) is 65.1 Å². The Morgan fingerprint density at radius 2 is 0.827 bits per heavy atom. The molecule has 540 valence electrons. The predicted molar refractivity (Wildman–Crippen MR) is 391 cm³/mol. The number of carboxylic acid groups (broad SMARTS) is 1. The number of ether oxygens (including phenoxy) is 2. The van der Waals surface area contributed by atoms with Crippen LogP contribution in [0.5, 0.6) is 0 Å². The molecule has 3 unspecified atom stereocenters. The molecular formula is C69H64IN11O18S5. The monoisotopic (exact) mass is 1620 g/mol. The number of halogens is 1. The lowest BCUT2D eigenvalue weighted by Gasteiger charge is -2.24. The summed E-state index contributed by atoms with van der Waals surface area (Å²) in [5.74, 6) is -2.60. The second-order valence-electron chi connectivity index (χ2n) is 21.4. The van der Waals surface area contributed by atoms with Crippen molar-refractivity contribution in [3.05, 3.63) is 282 Å². The van der Waals surface area contributed by atoms with Crippen molar-refractivity contribution in [2.24, 2.45) is 0 Å².